The van der Waals surface area contributed by atoms with E-state index in [0.717, 1.165) is 6.92 Å². The summed E-state index contributed by atoms with van der Waals surface area (Å²) in [4.78, 5) is 0. The van der Waals surface area contributed by atoms with Gasteiger partial charge in [-0.05, 0) is 28.1 Å². The van der Waals surface area contributed by atoms with E-state index in [-0.39, 0.29) is 6.61 Å². The molecule has 0 heterocycles. The molecule has 1 unspecified atom stereocenters. The Balaban J connectivity index is 2.55. The molecule has 0 aliphatic carbocycles. The van der Waals surface area contributed by atoms with Gasteiger partial charge in [0.25, 0.3) is 0 Å². The van der Waals surface area contributed by atoms with Crippen LogP contribution in [0.25, 0.3) is 0 Å². The summed E-state index contributed by atoms with van der Waals surface area (Å²) in [5.41, 5.74) is 0. The summed E-state index contributed by atoms with van der Waals surface area (Å²) in [6.45, 7) is 0.725. The zero-order valence-corrected chi connectivity index (χ0v) is 9.60. The van der Waals surface area contributed by atoms with Gasteiger partial charge < -0.3 is 4.74 Å². The summed E-state index contributed by atoms with van der Waals surface area (Å²) in [6, 6.07) is 6.81. The van der Waals surface area contributed by atoms with Crippen LogP contribution >= 0.6 is 15.9 Å². The molecular weight excluding hydrogens is 273 g/mol. The largest absolute Gasteiger partial charge is 0.492 e. The van der Waals surface area contributed by atoms with E-state index in [0.29, 0.717) is 10.2 Å². The fourth-order valence-electron chi connectivity index (χ4n) is 0.871. The van der Waals surface area contributed by atoms with E-state index in [4.69, 9.17) is 4.74 Å². The predicted molar refractivity (Wildman–Crippen MR) is 54.9 cm³/mol. The lowest BCUT2D eigenvalue weighted by Crippen LogP contribution is -2.25. The Kier molecular flexibility index (Phi) is 4.02. The summed E-state index contributed by atoms with van der Waals surface area (Å²) in [5.74, 6) is -1.04. The number of rotatable bonds is 3. The van der Waals surface area contributed by atoms with Crippen molar-refractivity contribution in [3.05, 3.63) is 28.7 Å². The van der Waals surface area contributed by atoms with E-state index >= 15 is 0 Å². The summed E-state index contributed by atoms with van der Waals surface area (Å²) < 4.78 is 42.2. The molecule has 15 heavy (non-hydrogen) atoms. The standard InChI is InChI=1S/C10H10BrF3O/c1-7(10(12,13)14)6-15-9-5-3-2-4-8(9)11/h2-5,7H,6H2,1H3. The van der Waals surface area contributed by atoms with Crippen molar-refractivity contribution in [1.82, 2.24) is 0 Å². The lowest BCUT2D eigenvalue weighted by Gasteiger charge is -2.16. The molecule has 0 saturated carbocycles. The third kappa shape index (κ3) is 3.74. The minimum absolute atomic E-state index is 0.369. The second-order valence-corrected chi connectivity index (χ2v) is 4.04. The van der Waals surface area contributed by atoms with Crippen LogP contribution in [0.3, 0.4) is 0 Å². The summed E-state index contributed by atoms with van der Waals surface area (Å²) in [5, 5.41) is 0. The predicted octanol–water partition coefficient (Wildman–Crippen LogP) is 4.03. The van der Waals surface area contributed by atoms with Gasteiger partial charge in [-0.1, -0.05) is 19.1 Å². The van der Waals surface area contributed by atoms with Crippen LogP contribution in [-0.2, 0) is 0 Å². The van der Waals surface area contributed by atoms with E-state index in [1.165, 1.54) is 0 Å². The van der Waals surface area contributed by atoms with Crippen LogP contribution in [0.15, 0.2) is 28.7 Å². The molecule has 0 spiro atoms. The van der Waals surface area contributed by atoms with Gasteiger partial charge in [0.05, 0.1) is 17.0 Å². The Hall–Kier alpha value is -0.710. The van der Waals surface area contributed by atoms with Gasteiger partial charge in [-0.15, -0.1) is 0 Å². The van der Waals surface area contributed by atoms with Crippen LogP contribution in [0.5, 0.6) is 5.75 Å². The van der Waals surface area contributed by atoms with Gasteiger partial charge in [0.2, 0.25) is 0 Å². The van der Waals surface area contributed by atoms with E-state index in [2.05, 4.69) is 15.9 Å². The molecule has 0 aliphatic heterocycles. The maximum Gasteiger partial charge on any atom is 0.394 e. The van der Waals surface area contributed by atoms with Crippen molar-refractivity contribution < 1.29 is 17.9 Å². The molecule has 1 aromatic carbocycles. The molecule has 0 saturated heterocycles. The van der Waals surface area contributed by atoms with Gasteiger partial charge in [-0.3, -0.25) is 0 Å². The highest BCUT2D eigenvalue weighted by atomic mass is 79.9. The number of para-hydroxylation sites is 1. The van der Waals surface area contributed by atoms with Crippen LogP contribution in [0.2, 0.25) is 0 Å². The minimum atomic E-state index is -4.21. The number of halogens is 4. The number of hydrogen-bond acceptors (Lipinski definition) is 1. The molecule has 1 rings (SSSR count). The van der Waals surface area contributed by atoms with E-state index in [1.807, 2.05) is 0 Å². The van der Waals surface area contributed by atoms with Crippen molar-refractivity contribution >= 4 is 15.9 Å². The fourth-order valence-corrected chi connectivity index (χ4v) is 1.27. The second-order valence-electron chi connectivity index (χ2n) is 3.18. The number of hydrogen-bond donors (Lipinski definition) is 0. The smallest absolute Gasteiger partial charge is 0.394 e. The van der Waals surface area contributed by atoms with Gasteiger partial charge in [0.1, 0.15) is 5.75 Å². The first-order chi connectivity index (χ1) is 6.91. The van der Waals surface area contributed by atoms with Gasteiger partial charge >= 0.3 is 6.18 Å². The quantitative estimate of drug-likeness (QED) is 0.814. The first-order valence-corrected chi connectivity index (χ1v) is 5.14. The maximum absolute atomic E-state index is 12.2. The molecule has 0 amide bonds. The Labute approximate surface area is 94.4 Å². The van der Waals surface area contributed by atoms with Gasteiger partial charge in [0, 0.05) is 0 Å². The van der Waals surface area contributed by atoms with Crippen molar-refractivity contribution in [2.45, 2.75) is 13.1 Å². The molecule has 0 aromatic heterocycles. The zero-order valence-electron chi connectivity index (χ0n) is 8.01. The summed E-state index contributed by atoms with van der Waals surface area (Å²) >= 11 is 3.19. The highest BCUT2D eigenvalue weighted by Crippen LogP contribution is 2.28. The fraction of sp³-hybridized carbons (Fsp3) is 0.400. The number of benzene rings is 1. The molecule has 0 radical (unpaired) electrons. The van der Waals surface area contributed by atoms with Crippen LogP contribution in [0, 0.1) is 5.92 Å². The Morgan fingerprint density at radius 3 is 2.47 bits per heavy atom. The molecule has 0 bridgehead atoms. The molecule has 0 fully saturated rings. The molecule has 0 N–H and O–H groups in total. The third-order valence-corrected chi connectivity index (χ3v) is 2.54. The monoisotopic (exact) mass is 282 g/mol. The van der Waals surface area contributed by atoms with Gasteiger partial charge in [-0.2, -0.15) is 13.2 Å². The third-order valence-electron chi connectivity index (χ3n) is 1.88. The number of ether oxygens (including phenoxy) is 1. The Bertz CT molecular complexity index is 325. The highest BCUT2D eigenvalue weighted by Gasteiger charge is 2.36. The van der Waals surface area contributed by atoms with E-state index in [9.17, 15) is 13.2 Å². The number of alkyl halides is 3. The summed E-state index contributed by atoms with van der Waals surface area (Å²) in [6.07, 6.45) is -4.21. The van der Waals surface area contributed by atoms with Crippen molar-refractivity contribution in [2.24, 2.45) is 5.92 Å². The van der Waals surface area contributed by atoms with Crippen LogP contribution in [-0.4, -0.2) is 12.8 Å². The lowest BCUT2D eigenvalue weighted by molar-refractivity contribution is -0.176. The van der Waals surface area contributed by atoms with Crippen molar-refractivity contribution in [2.75, 3.05) is 6.61 Å². The molecular formula is C10H10BrF3O. The average molecular weight is 283 g/mol. The second kappa shape index (κ2) is 4.88. The Morgan fingerprint density at radius 2 is 1.93 bits per heavy atom. The van der Waals surface area contributed by atoms with Crippen molar-refractivity contribution in [3.8, 4) is 5.75 Å². The Morgan fingerprint density at radius 1 is 1.33 bits per heavy atom. The highest BCUT2D eigenvalue weighted by molar-refractivity contribution is 9.10. The van der Waals surface area contributed by atoms with E-state index in [1.54, 1.807) is 24.3 Å². The first kappa shape index (κ1) is 12.4. The van der Waals surface area contributed by atoms with Gasteiger partial charge in [0.15, 0.2) is 0 Å². The summed E-state index contributed by atoms with van der Waals surface area (Å²) in [7, 11) is 0. The molecule has 1 atom stereocenters. The molecule has 5 heteroatoms. The average Bonchev–Trinajstić information content (AvgIpc) is 2.14. The van der Waals surface area contributed by atoms with Gasteiger partial charge in [-0.25, -0.2) is 0 Å². The first-order valence-electron chi connectivity index (χ1n) is 4.35. The van der Waals surface area contributed by atoms with Crippen molar-refractivity contribution in [3.63, 3.8) is 0 Å². The van der Waals surface area contributed by atoms with Crippen LogP contribution in [0.1, 0.15) is 6.92 Å². The normalized spacial score (nSPS) is 13.7. The van der Waals surface area contributed by atoms with Crippen LogP contribution in [0.4, 0.5) is 13.2 Å². The topological polar surface area (TPSA) is 9.23 Å². The van der Waals surface area contributed by atoms with Crippen LogP contribution < -0.4 is 4.74 Å². The molecule has 84 valence electrons. The molecule has 1 nitrogen and oxygen atoms in total. The molecule has 0 aliphatic rings. The molecule has 1 aromatic rings. The minimum Gasteiger partial charge on any atom is -0.492 e. The van der Waals surface area contributed by atoms with E-state index < -0.39 is 12.1 Å². The zero-order chi connectivity index (χ0) is 11.5. The maximum atomic E-state index is 12.2. The lowest BCUT2D eigenvalue weighted by atomic mass is 10.2. The van der Waals surface area contributed by atoms with Crippen molar-refractivity contribution in [1.29, 1.82) is 0 Å². The SMILES string of the molecule is CC(COc1ccccc1Br)C(F)(F)F.